The second-order valence-electron chi connectivity index (χ2n) is 3.67. The maximum absolute atomic E-state index is 11.6. The minimum Gasteiger partial charge on any atom is -0.441 e. The van der Waals surface area contributed by atoms with Gasteiger partial charge in [0, 0.05) is 5.69 Å². The Morgan fingerprint density at radius 2 is 2.24 bits per heavy atom. The Labute approximate surface area is 100 Å². The fourth-order valence-corrected chi connectivity index (χ4v) is 1.68. The second kappa shape index (κ2) is 5.37. The molecule has 1 aliphatic rings. The van der Waals surface area contributed by atoms with Gasteiger partial charge in [-0.25, -0.2) is 4.79 Å². The van der Waals surface area contributed by atoms with Crippen molar-refractivity contribution < 1.29 is 14.3 Å². The van der Waals surface area contributed by atoms with Crippen molar-refractivity contribution in [2.45, 2.75) is 6.10 Å². The molecule has 1 heterocycles. The Kier molecular flexibility index (Phi) is 3.63. The van der Waals surface area contributed by atoms with Crippen LogP contribution in [0.5, 0.6) is 0 Å². The third kappa shape index (κ3) is 2.77. The molecule has 4 heteroatoms. The molecule has 17 heavy (non-hydrogen) atoms. The van der Waals surface area contributed by atoms with Crippen molar-refractivity contribution in [2.24, 2.45) is 0 Å². The molecule has 2 rings (SSSR count). The van der Waals surface area contributed by atoms with E-state index in [0.29, 0.717) is 13.2 Å². The molecule has 1 aromatic carbocycles. The van der Waals surface area contributed by atoms with E-state index in [1.54, 1.807) is 4.90 Å². The molecule has 1 aliphatic heterocycles. The Hall–Kier alpha value is -1.99. The highest BCUT2D eigenvalue weighted by Gasteiger charge is 2.32. The fraction of sp³-hybridized carbons (Fsp3) is 0.308. The number of hydrogen-bond acceptors (Lipinski definition) is 3. The Bertz CT molecular complexity index is 424. The van der Waals surface area contributed by atoms with Gasteiger partial charge in [0.15, 0.2) is 0 Å². The lowest BCUT2D eigenvalue weighted by Gasteiger charge is -2.12. The largest absolute Gasteiger partial charge is 0.441 e. The maximum atomic E-state index is 11.6. The predicted octanol–water partition coefficient (Wildman–Crippen LogP) is 1.66. The van der Waals surface area contributed by atoms with Gasteiger partial charge in [0.25, 0.3) is 0 Å². The quantitative estimate of drug-likeness (QED) is 0.584. The SMILES string of the molecule is C#CCOC[C@@H]1CN(c2ccccc2)C(=O)O1. The van der Waals surface area contributed by atoms with Gasteiger partial charge in [-0.15, -0.1) is 6.42 Å². The van der Waals surface area contributed by atoms with Crippen molar-refractivity contribution in [1.82, 2.24) is 0 Å². The van der Waals surface area contributed by atoms with Crippen LogP contribution < -0.4 is 4.90 Å². The summed E-state index contributed by atoms with van der Waals surface area (Å²) in [5.41, 5.74) is 0.831. The van der Waals surface area contributed by atoms with E-state index < -0.39 is 0 Å². The number of cyclic esters (lactones) is 1. The first-order valence-electron chi connectivity index (χ1n) is 5.35. The van der Waals surface area contributed by atoms with Gasteiger partial charge in [-0.1, -0.05) is 24.1 Å². The number of anilines is 1. The highest BCUT2D eigenvalue weighted by Crippen LogP contribution is 2.20. The average Bonchev–Trinajstić information content (AvgIpc) is 2.72. The first-order chi connectivity index (χ1) is 8.31. The van der Waals surface area contributed by atoms with Crippen molar-refractivity contribution >= 4 is 11.8 Å². The summed E-state index contributed by atoms with van der Waals surface area (Å²) >= 11 is 0. The van der Waals surface area contributed by atoms with E-state index in [-0.39, 0.29) is 18.8 Å². The molecule has 0 aliphatic carbocycles. The standard InChI is InChI=1S/C13H13NO3/c1-2-8-16-10-12-9-14(13(15)17-12)11-6-4-3-5-7-11/h1,3-7,12H,8-10H2/t12-/m0/s1. The third-order valence-electron chi connectivity index (χ3n) is 2.43. The predicted molar refractivity (Wildman–Crippen MR) is 63.7 cm³/mol. The van der Waals surface area contributed by atoms with E-state index in [1.165, 1.54) is 0 Å². The second-order valence-corrected chi connectivity index (χ2v) is 3.67. The number of carbonyl (C=O) groups is 1. The van der Waals surface area contributed by atoms with Gasteiger partial charge in [-0.2, -0.15) is 0 Å². The summed E-state index contributed by atoms with van der Waals surface area (Å²) < 4.78 is 10.3. The molecule has 1 atom stereocenters. The summed E-state index contributed by atoms with van der Waals surface area (Å²) in [5.74, 6) is 2.37. The van der Waals surface area contributed by atoms with Gasteiger partial charge in [0.2, 0.25) is 0 Å². The molecule has 0 unspecified atom stereocenters. The zero-order chi connectivity index (χ0) is 12.1. The summed E-state index contributed by atoms with van der Waals surface area (Å²) in [4.78, 5) is 13.2. The molecular weight excluding hydrogens is 218 g/mol. The number of terminal acetylenes is 1. The van der Waals surface area contributed by atoms with Gasteiger partial charge >= 0.3 is 6.09 Å². The summed E-state index contributed by atoms with van der Waals surface area (Å²) in [6.07, 6.45) is 4.47. The highest BCUT2D eigenvalue weighted by molar-refractivity contribution is 5.89. The van der Waals surface area contributed by atoms with Crippen LogP contribution in [0.1, 0.15) is 0 Å². The van der Waals surface area contributed by atoms with Crippen LogP contribution in [0.15, 0.2) is 30.3 Å². The number of nitrogens with zero attached hydrogens (tertiary/aromatic N) is 1. The van der Waals surface area contributed by atoms with Crippen molar-refractivity contribution in [2.75, 3.05) is 24.7 Å². The van der Waals surface area contributed by atoms with Crippen LogP contribution in [0.2, 0.25) is 0 Å². The van der Waals surface area contributed by atoms with E-state index in [2.05, 4.69) is 5.92 Å². The zero-order valence-corrected chi connectivity index (χ0v) is 9.33. The van der Waals surface area contributed by atoms with Crippen molar-refractivity contribution in [3.05, 3.63) is 30.3 Å². The Balaban J connectivity index is 1.94. The lowest BCUT2D eigenvalue weighted by Crippen LogP contribution is -2.25. The highest BCUT2D eigenvalue weighted by atomic mass is 16.6. The molecule has 0 N–H and O–H groups in total. The van der Waals surface area contributed by atoms with E-state index in [4.69, 9.17) is 15.9 Å². The number of para-hydroxylation sites is 1. The Morgan fingerprint density at radius 1 is 1.47 bits per heavy atom. The summed E-state index contributed by atoms with van der Waals surface area (Å²) in [7, 11) is 0. The van der Waals surface area contributed by atoms with E-state index in [1.807, 2.05) is 30.3 Å². The fourth-order valence-electron chi connectivity index (χ4n) is 1.68. The molecule has 1 fully saturated rings. The number of amides is 1. The number of benzene rings is 1. The van der Waals surface area contributed by atoms with Crippen molar-refractivity contribution in [1.29, 1.82) is 0 Å². The molecule has 1 aromatic rings. The van der Waals surface area contributed by atoms with Gasteiger partial charge in [-0.3, -0.25) is 4.90 Å². The molecule has 0 radical (unpaired) electrons. The van der Waals surface area contributed by atoms with Crippen LogP contribution in [-0.4, -0.2) is 32.0 Å². The van der Waals surface area contributed by atoms with Crippen molar-refractivity contribution in [3.8, 4) is 12.3 Å². The van der Waals surface area contributed by atoms with Crippen molar-refractivity contribution in [3.63, 3.8) is 0 Å². The topological polar surface area (TPSA) is 38.8 Å². The smallest absolute Gasteiger partial charge is 0.414 e. The van der Waals surface area contributed by atoms with E-state index in [0.717, 1.165) is 5.69 Å². The molecule has 4 nitrogen and oxygen atoms in total. The normalized spacial score (nSPS) is 18.9. The molecule has 0 saturated carbocycles. The summed E-state index contributed by atoms with van der Waals surface area (Å²) in [5, 5.41) is 0. The van der Waals surface area contributed by atoms with E-state index in [9.17, 15) is 4.79 Å². The molecule has 88 valence electrons. The van der Waals surface area contributed by atoms with Gasteiger partial charge in [-0.05, 0) is 12.1 Å². The summed E-state index contributed by atoms with van der Waals surface area (Å²) in [6.45, 7) is 1.06. The van der Waals surface area contributed by atoms with Gasteiger partial charge < -0.3 is 9.47 Å². The molecule has 0 spiro atoms. The monoisotopic (exact) mass is 231 g/mol. The van der Waals surface area contributed by atoms with Crippen LogP contribution in [0.4, 0.5) is 10.5 Å². The van der Waals surface area contributed by atoms with Crippen LogP contribution in [0.25, 0.3) is 0 Å². The minimum absolute atomic E-state index is 0.236. The summed E-state index contributed by atoms with van der Waals surface area (Å²) in [6, 6.07) is 9.39. The first-order valence-corrected chi connectivity index (χ1v) is 5.35. The van der Waals surface area contributed by atoms with Crippen LogP contribution in [0, 0.1) is 12.3 Å². The average molecular weight is 231 g/mol. The van der Waals surface area contributed by atoms with Crippen LogP contribution in [0.3, 0.4) is 0 Å². The molecule has 0 aromatic heterocycles. The molecule has 1 amide bonds. The van der Waals surface area contributed by atoms with Crippen LogP contribution >= 0.6 is 0 Å². The zero-order valence-electron chi connectivity index (χ0n) is 9.33. The lowest BCUT2D eigenvalue weighted by molar-refractivity contribution is 0.0598. The third-order valence-corrected chi connectivity index (χ3v) is 2.43. The lowest BCUT2D eigenvalue weighted by atomic mass is 10.3. The number of ether oxygens (including phenoxy) is 2. The van der Waals surface area contributed by atoms with Gasteiger partial charge in [0.1, 0.15) is 12.7 Å². The number of hydrogen-bond donors (Lipinski definition) is 0. The maximum Gasteiger partial charge on any atom is 0.414 e. The molecule has 0 bridgehead atoms. The van der Waals surface area contributed by atoms with E-state index >= 15 is 0 Å². The first kappa shape index (κ1) is 11.5. The molecule has 1 saturated heterocycles. The number of carbonyl (C=O) groups excluding carboxylic acids is 1. The van der Waals surface area contributed by atoms with Crippen LogP contribution in [-0.2, 0) is 9.47 Å². The minimum atomic E-state index is -0.342. The van der Waals surface area contributed by atoms with Gasteiger partial charge in [0.05, 0.1) is 13.2 Å². The molecular formula is C13H13NO3. The Morgan fingerprint density at radius 3 is 2.94 bits per heavy atom. The number of rotatable bonds is 4.